The molecule has 0 unspecified atom stereocenters. The molecule has 5 heteroatoms. The number of urea groups is 1. The molecule has 0 aliphatic heterocycles. The Bertz CT molecular complexity index is 365. The van der Waals surface area contributed by atoms with Gasteiger partial charge in [-0.15, -0.1) is 0 Å². The highest BCUT2D eigenvalue weighted by Crippen LogP contribution is 2.11. The molecule has 0 aliphatic carbocycles. The van der Waals surface area contributed by atoms with E-state index in [1.54, 1.807) is 7.05 Å². The molecule has 100 valence electrons. The number of benzene rings is 1. The number of nitrogens with zero attached hydrogens (tertiary/aromatic N) is 1. The van der Waals surface area contributed by atoms with Gasteiger partial charge in [-0.05, 0) is 24.6 Å². The predicted octanol–water partition coefficient (Wildman–Crippen LogP) is 1.22. The van der Waals surface area contributed by atoms with Crippen LogP contribution in [0.3, 0.4) is 0 Å². The third kappa shape index (κ3) is 4.63. The van der Waals surface area contributed by atoms with Crippen LogP contribution in [0.5, 0.6) is 5.75 Å². The van der Waals surface area contributed by atoms with Crippen molar-refractivity contribution in [2.45, 2.75) is 13.5 Å². The van der Waals surface area contributed by atoms with Gasteiger partial charge in [0, 0.05) is 20.1 Å². The summed E-state index contributed by atoms with van der Waals surface area (Å²) in [5.41, 5.74) is 1.00. The largest absolute Gasteiger partial charge is 0.494 e. The van der Waals surface area contributed by atoms with Crippen LogP contribution in [0.15, 0.2) is 24.3 Å². The van der Waals surface area contributed by atoms with E-state index in [2.05, 4.69) is 5.32 Å². The number of aliphatic hydroxyl groups is 1. The molecule has 5 nitrogen and oxygen atoms in total. The van der Waals surface area contributed by atoms with Gasteiger partial charge in [-0.25, -0.2) is 4.79 Å². The number of carbonyl (C=O) groups is 1. The van der Waals surface area contributed by atoms with Crippen molar-refractivity contribution in [3.05, 3.63) is 29.8 Å². The van der Waals surface area contributed by atoms with Crippen LogP contribution in [0.2, 0.25) is 0 Å². The average Bonchev–Trinajstić information content (AvgIpc) is 2.38. The van der Waals surface area contributed by atoms with E-state index in [0.717, 1.165) is 11.3 Å². The summed E-state index contributed by atoms with van der Waals surface area (Å²) in [5.74, 6) is 0.824. The molecule has 0 heterocycles. The van der Waals surface area contributed by atoms with Crippen LogP contribution in [0.4, 0.5) is 4.79 Å². The van der Waals surface area contributed by atoms with Gasteiger partial charge in [0.25, 0.3) is 0 Å². The third-order valence-electron chi connectivity index (χ3n) is 2.46. The Morgan fingerprint density at radius 3 is 2.61 bits per heavy atom. The van der Waals surface area contributed by atoms with Crippen LogP contribution in [0.1, 0.15) is 12.5 Å². The first-order valence-corrected chi connectivity index (χ1v) is 5.99. The van der Waals surface area contributed by atoms with E-state index in [1.165, 1.54) is 4.90 Å². The smallest absolute Gasteiger partial charge is 0.317 e. The Kier molecular flexibility index (Phi) is 6.00. The van der Waals surface area contributed by atoms with Crippen molar-refractivity contribution < 1.29 is 14.6 Å². The Balaban J connectivity index is 2.41. The fourth-order valence-corrected chi connectivity index (χ4v) is 1.43. The second-order valence-corrected chi connectivity index (χ2v) is 3.88. The molecule has 0 saturated carbocycles. The minimum atomic E-state index is -0.196. The molecule has 0 spiro atoms. The van der Waals surface area contributed by atoms with E-state index in [4.69, 9.17) is 9.84 Å². The molecule has 0 fully saturated rings. The number of carbonyl (C=O) groups excluding carboxylic acids is 1. The van der Waals surface area contributed by atoms with Crippen LogP contribution in [0.25, 0.3) is 0 Å². The maximum Gasteiger partial charge on any atom is 0.317 e. The molecular formula is C13H20N2O3. The maximum absolute atomic E-state index is 11.6. The van der Waals surface area contributed by atoms with E-state index in [-0.39, 0.29) is 12.6 Å². The van der Waals surface area contributed by atoms with Crippen molar-refractivity contribution in [2.24, 2.45) is 0 Å². The van der Waals surface area contributed by atoms with Crippen LogP contribution >= 0.6 is 0 Å². The Morgan fingerprint density at radius 1 is 1.39 bits per heavy atom. The minimum absolute atomic E-state index is 0.0347. The topological polar surface area (TPSA) is 61.8 Å². The molecule has 1 aromatic carbocycles. The highest BCUT2D eigenvalue weighted by Gasteiger charge is 2.06. The second kappa shape index (κ2) is 7.55. The minimum Gasteiger partial charge on any atom is -0.494 e. The normalized spacial score (nSPS) is 9.94. The molecule has 0 saturated heterocycles. The number of ether oxygens (including phenoxy) is 1. The molecule has 1 aromatic rings. The first kappa shape index (κ1) is 14.3. The fraction of sp³-hybridized carbons (Fsp3) is 0.462. The van der Waals surface area contributed by atoms with Crippen molar-refractivity contribution in [1.29, 1.82) is 0 Å². The summed E-state index contributed by atoms with van der Waals surface area (Å²) in [5, 5.41) is 11.5. The highest BCUT2D eigenvalue weighted by molar-refractivity contribution is 5.73. The van der Waals surface area contributed by atoms with Gasteiger partial charge in [-0.2, -0.15) is 0 Å². The zero-order valence-electron chi connectivity index (χ0n) is 10.8. The lowest BCUT2D eigenvalue weighted by Gasteiger charge is -2.16. The van der Waals surface area contributed by atoms with Gasteiger partial charge >= 0.3 is 6.03 Å². The summed E-state index contributed by atoms with van der Waals surface area (Å²) in [4.78, 5) is 13.0. The van der Waals surface area contributed by atoms with Crippen molar-refractivity contribution in [1.82, 2.24) is 10.2 Å². The lowest BCUT2D eigenvalue weighted by atomic mass is 10.2. The zero-order chi connectivity index (χ0) is 13.4. The first-order valence-electron chi connectivity index (χ1n) is 5.99. The van der Waals surface area contributed by atoms with E-state index in [0.29, 0.717) is 19.7 Å². The molecule has 0 aromatic heterocycles. The van der Waals surface area contributed by atoms with Crippen molar-refractivity contribution in [3.8, 4) is 5.75 Å². The number of hydrogen-bond donors (Lipinski definition) is 2. The number of nitrogens with one attached hydrogen (secondary N) is 1. The van der Waals surface area contributed by atoms with Crippen molar-refractivity contribution in [2.75, 3.05) is 26.8 Å². The molecule has 0 radical (unpaired) electrons. The quantitative estimate of drug-likeness (QED) is 0.800. The highest BCUT2D eigenvalue weighted by atomic mass is 16.5. The van der Waals surface area contributed by atoms with Crippen LogP contribution in [-0.2, 0) is 6.54 Å². The Morgan fingerprint density at radius 2 is 2.06 bits per heavy atom. The molecule has 2 amide bonds. The average molecular weight is 252 g/mol. The summed E-state index contributed by atoms with van der Waals surface area (Å²) < 4.78 is 5.33. The Hall–Kier alpha value is -1.75. The number of rotatable bonds is 6. The summed E-state index contributed by atoms with van der Waals surface area (Å²) in [6.45, 7) is 3.33. The number of amides is 2. The lowest BCUT2D eigenvalue weighted by Crippen LogP contribution is -2.38. The monoisotopic (exact) mass is 252 g/mol. The van der Waals surface area contributed by atoms with Gasteiger partial charge < -0.3 is 20.1 Å². The van der Waals surface area contributed by atoms with Gasteiger partial charge in [0.05, 0.1) is 13.2 Å². The standard InChI is InChI=1S/C13H20N2O3/c1-3-18-12-6-4-11(5-7-12)10-14-13(17)15(2)8-9-16/h4-7,16H,3,8-10H2,1-2H3,(H,14,17). The predicted molar refractivity (Wildman–Crippen MR) is 69.6 cm³/mol. The lowest BCUT2D eigenvalue weighted by molar-refractivity contribution is 0.190. The summed E-state index contributed by atoms with van der Waals surface area (Å²) >= 11 is 0. The number of likely N-dealkylation sites (N-methyl/N-ethyl adjacent to an activating group) is 1. The van der Waals surface area contributed by atoms with Gasteiger partial charge in [0.1, 0.15) is 5.75 Å². The molecule has 0 atom stereocenters. The van der Waals surface area contributed by atoms with Crippen molar-refractivity contribution >= 4 is 6.03 Å². The van der Waals surface area contributed by atoms with Gasteiger partial charge in [-0.1, -0.05) is 12.1 Å². The zero-order valence-corrected chi connectivity index (χ0v) is 10.8. The Labute approximate surface area is 107 Å². The van der Waals surface area contributed by atoms with E-state index in [9.17, 15) is 4.79 Å². The maximum atomic E-state index is 11.6. The fourth-order valence-electron chi connectivity index (χ4n) is 1.43. The third-order valence-corrected chi connectivity index (χ3v) is 2.46. The molecular weight excluding hydrogens is 232 g/mol. The first-order chi connectivity index (χ1) is 8.67. The van der Waals surface area contributed by atoms with E-state index >= 15 is 0 Å². The molecule has 1 rings (SSSR count). The summed E-state index contributed by atoms with van der Waals surface area (Å²) in [6, 6.07) is 7.39. The summed E-state index contributed by atoms with van der Waals surface area (Å²) in [7, 11) is 1.64. The van der Waals surface area contributed by atoms with E-state index in [1.807, 2.05) is 31.2 Å². The van der Waals surface area contributed by atoms with Crippen LogP contribution < -0.4 is 10.1 Å². The SMILES string of the molecule is CCOc1ccc(CNC(=O)N(C)CCO)cc1. The van der Waals surface area contributed by atoms with Crippen LogP contribution in [0, 0.1) is 0 Å². The summed E-state index contributed by atoms with van der Waals surface area (Å²) in [6.07, 6.45) is 0. The van der Waals surface area contributed by atoms with Gasteiger partial charge in [0.2, 0.25) is 0 Å². The van der Waals surface area contributed by atoms with Gasteiger partial charge in [0.15, 0.2) is 0 Å². The van der Waals surface area contributed by atoms with Crippen LogP contribution in [-0.4, -0.2) is 42.8 Å². The van der Waals surface area contributed by atoms with Crippen molar-refractivity contribution in [3.63, 3.8) is 0 Å². The number of hydrogen-bond acceptors (Lipinski definition) is 3. The van der Waals surface area contributed by atoms with Gasteiger partial charge in [-0.3, -0.25) is 0 Å². The molecule has 0 bridgehead atoms. The number of aliphatic hydroxyl groups excluding tert-OH is 1. The second-order valence-electron chi connectivity index (χ2n) is 3.88. The molecule has 0 aliphatic rings. The van der Waals surface area contributed by atoms with E-state index < -0.39 is 0 Å². The molecule has 18 heavy (non-hydrogen) atoms. The molecule has 2 N–H and O–H groups in total.